The number of nitrogens with zero attached hydrogens (tertiary/aromatic N) is 1. The number of benzene rings is 1. The summed E-state index contributed by atoms with van der Waals surface area (Å²) in [5.74, 6) is -0.630. The third-order valence-corrected chi connectivity index (χ3v) is 3.00. The normalized spacial score (nSPS) is 27.9. The summed E-state index contributed by atoms with van der Waals surface area (Å²) in [6, 6.07) is 9.71. The molecule has 90 valence electrons. The quantitative estimate of drug-likeness (QED) is 0.830. The lowest BCUT2D eigenvalue weighted by molar-refractivity contribution is -0.151. The maximum atomic E-state index is 8.62. The minimum absolute atomic E-state index is 0.114. The second-order valence-corrected chi connectivity index (χ2v) is 4.79. The summed E-state index contributed by atoms with van der Waals surface area (Å²) in [4.78, 5) is 0. The van der Waals surface area contributed by atoms with Gasteiger partial charge in [0.05, 0.1) is 25.2 Å². The van der Waals surface area contributed by atoms with Crippen LogP contribution in [0.3, 0.4) is 0 Å². The Balaban J connectivity index is 1.99. The van der Waals surface area contributed by atoms with Gasteiger partial charge in [-0.2, -0.15) is 5.26 Å². The third-order valence-electron chi connectivity index (χ3n) is 2.75. The van der Waals surface area contributed by atoms with Crippen LogP contribution in [0.4, 0.5) is 0 Å². The molecular weight excluding hydrogens is 238 g/mol. The zero-order valence-electron chi connectivity index (χ0n) is 9.65. The van der Waals surface area contributed by atoms with Crippen LogP contribution in [0.1, 0.15) is 18.9 Å². The maximum absolute atomic E-state index is 8.62. The van der Waals surface area contributed by atoms with Crippen molar-refractivity contribution in [2.24, 2.45) is 0 Å². The average molecular weight is 252 g/mol. The van der Waals surface area contributed by atoms with Crippen LogP contribution in [0.5, 0.6) is 0 Å². The Hall–Kier alpha value is -1.08. The van der Waals surface area contributed by atoms with Crippen LogP contribution in [0.25, 0.3) is 0 Å². The molecule has 1 aliphatic heterocycles. The summed E-state index contributed by atoms with van der Waals surface area (Å²) in [6.45, 7) is 2.39. The van der Waals surface area contributed by atoms with Crippen molar-refractivity contribution in [2.75, 3.05) is 6.61 Å². The fraction of sp³-hybridized carbons (Fsp3) is 0.462. The molecule has 2 rings (SSSR count). The van der Waals surface area contributed by atoms with Crippen LogP contribution in [-0.4, -0.2) is 18.5 Å². The fourth-order valence-corrected chi connectivity index (χ4v) is 2.08. The molecule has 1 saturated heterocycles. The molecule has 1 aromatic rings. The summed E-state index contributed by atoms with van der Waals surface area (Å²) in [5.41, 5.74) is 1.11. The van der Waals surface area contributed by atoms with E-state index in [4.69, 9.17) is 26.3 Å². The number of hydrogen-bond acceptors (Lipinski definition) is 3. The number of hydrogen-bond donors (Lipinski definition) is 0. The lowest BCUT2D eigenvalue weighted by Crippen LogP contribution is -2.29. The largest absolute Gasteiger partial charge is 0.347 e. The molecule has 0 radical (unpaired) electrons. The van der Waals surface area contributed by atoms with Gasteiger partial charge in [0.1, 0.15) is 0 Å². The van der Waals surface area contributed by atoms with Crippen molar-refractivity contribution in [3.8, 4) is 6.07 Å². The molecule has 17 heavy (non-hydrogen) atoms. The first-order valence-corrected chi connectivity index (χ1v) is 5.92. The molecule has 0 amide bonds. The monoisotopic (exact) mass is 251 g/mol. The molecule has 1 heterocycles. The molecule has 0 aliphatic carbocycles. The van der Waals surface area contributed by atoms with Crippen molar-refractivity contribution in [3.63, 3.8) is 0 Å². The molecule has 1 fully saturated rings. The number of halogens is 1. The zero-order chi connectivity index (χ0) is 12.3. The van der Waals surface area contributed by atoms with Crippen molar-refractivity contribution < 1.29 is 9.47 Å². The zero-order valence-corrected chi connectivity index (χ0v) is 10.4. The Morgan fingerprint density at radius 2 is 2.18 bits per heavy atom. The van der Waals surface area contributed by atoms with Gasteiger partial charge in [0.25, 0.3) is 0 Å². The Labute approximate surface area is 106 Å². The minimum atomic E-state index is -0.630. The van der Waals surface area contributed by atoms with E-state index in [9.17, 15) is 0 Å². The highest BCUT2D eigenvalue weighted by Crippen LogP contribution is 2.28. The van der Waals surface area contributed by atoms with E-state index in [0.717, 1.165) is 10.6 Å². The number of ether oxygens (including phenoxy) is 2. The molecule has 0 saturated carbocycles. The lowest BCUT2D eigenvalue weighted by Gasteiger charge is -2.23. The molecule has 3 nitrogen and oxygen atoms in total. The van der Waals surface area contributed by atoms with E-state index >= 15 is 0 Å². The summed E-state index contributed by atoms with van der Waals surface area (Å²) in [6.07, 6.45) is 0.916. The van der Waals surface area contributed by atoms with Crippen molar-refractivity contribution in [1.29, 1.82) is 5.26 Å². The SMILES string of the molecule is CC1(Cc2ccc(Cl)cc2)OCC(CC#N)O1. The highest BCUT2D eigenvalue weighted by atomic mass is 35.5. The van der Waals surface area contributed by atoms with Gasteiger partial charge in [-0.15, -0.1) is 0 Å². The molecule has 0 aromatic heterocycles. The van der Waals surface area contributed by atoms with E-state index in [0.29, 0.717) is 19.4 Å². The van der Waals surface area contributed by atoms with Crippen molar-refractivity contribution >= 4 is 11.6 Å². The summed E-state index contributed by atoms with van der Waals surface area (Å²) in [7, 11) is 0. The summed E-state index contributed by atoms with van der Waals surface area (Å²) < 4.78 is 11.4. The first-order valence-electron chi connectivity index (χ1n) is 5.54. The van der Waals surface area contributed by atoms with Crippen LogP contribution < -0.4 is 0 Å². The smallest absolute Gasteiger partial charge is 0.170 e. The van der Waals surface area contributed by atoms with Gasteiger partial charge < -0.3 is 9.47 Å². The predicted octanol–water partition coefficient (Wildman–Crippen LogP) is 2.93. The van der Waals surface area contributed by atoms with Crippen LogP contribution in [-0.2, 0) is 15.9 Å². The van der Waals surface area contributed by atoms with E-state index in [1.54, 1.807) is 0 Å². The Morgan fingerprint density at radius 1 is 1.47 bits per heavy atom. The van der Waals surface area contributed by atoms with Gasteiger partial charge in [-0.1, -0.05) is 23.7 Å². The topological polar surface area (TPSA) is 42.2 Å². The van der Waals surface area contributed by atoms with Crippen molar-refractivity contribution in [3.05, 3.63) is 34.9 Å². The highest BCUT2D eigenvalue weighted by Gasteiger charge is 2.37. The first-order chi connectivity index (χ1) is 8.11. The molecule has 0 spiro atoms. The molecular formula is C13H14ClNO2. The molecule has 2 unspecified atom stereocenters. The van der Waals surface area contributed by atoms with Crippen LogP contribution in [0.15, 0.2) is 24.3 Å². The highest BCUT2D eigenvalue weighted by molar-refractivity contribution is 6.30. The first kappa shape index (κ1) is 12.4. The maximum Gasteiger partial charge on any atom is 0.170 e. The second-order valence-electron chi connectivity index (χ2n) is 4.35. The molecule has 0 bridgehead atoms. The van der Waals surface area contributed by atoms with Crippen LogP contribution in [0, 0.1) is 11.3 Å². The Morgan fingerprint density at radius 3 is 2.82 bits per heavy atom. The Kier molecular flexibility index (Phi) is 3.68. The van der Waals surface area contributed by atoms with Gasteiger partial charge >= 0.3 is 0 Å². The van der Waals surface area contributed by atoms with Crippen LogP contribution in [0.2, 0.25) is 5.02 Å². The number of nitriles is 1. The van der Waals surface area contributed by atoms with E-state index in [-0.39, 0.29) is 6.10 Å². The van der Waals surface area contributed by atoms with Gasteiger partial charge in [0.2, 0.25) is 0 Å². The van der Waals surface area contributed by atoms with E-state index in [1.807, 2.05) is 31.2 Å². The lowest BCUT2D eigenvalue weighted by atomic mass is 10.1. The summed E-state index contributed by atoms with van der Waals surface area (Å²) >= 11 is 5.83. The standard InChI is InChI=1S/C13H14ClNO2/c1-13(16-9-12(17-13)6-7-15)8-10-2-4-11(14)5-3-10/h2-5,12H,6,8-9H2,1H3. The fourth-order valence-electron chi connectivity index (χ4n) is 1.96. The van der Waals surface area contributed by atoms with Gasteiger partial charge in [-0.25, -0.2) is 0 Å². The number of rotatable bonds is 3. The van der Waals surface area contributed by atoms with E-state index < -0.39 is 5.79 Å². The van der Waals surface area contributed by atoms with Gasteiger partial charge in [-0.3, -0.25) is 0 Å². The van der Waals surface area contributed by atoms with Gasteiger partial charge in [0, 0.05) is 11.4 Å². The van der Waals surface area contributed by atoms with Crippen molar-refractivity contribution in [1.82, 2.24) is 0 Å². The molecule has 1 aliphatic rings. The van der Waals surface area contributed by atoms with Crippen LogP contribution >= 0.6 is 11.6 Å². The van der Waals surface area contributed by atoms with Gasteiger partial charge in [0.15, 0.2) is 5.79 Å². The molecule has 1 aromatic carbocycles. The predicted molar refractivity (Wildman–Crippen MR) is 64.6 cm³/mol. The molecule has 4 heteroatoms. The third kappa shape index (κ3) is 3.19. The Bertz CT molecular complexity index is 426. The summed E-state index contributed by atoms with van der Waals surface area (Å²) in [5, 5.41) is 9.33. The van der Waals surface area contributed by atoms with Crippen molar-refractivity contribution in [2.45, 2.75) is 31.7 Å². The average Bonchev–Trinajstić information content (AvgIpc) is 2.64. The van der Waals surface area contributed by atoms with E-state index in [1.165, 1.54) is 0 Å². The minimum Gasteiger partial charge on any atom is -0.347 e. The molecule has 0 N–H and O–H groups in total. The second kappa shape index (κ2) is 5.05. The van der Waals surface area contributed by atoms with E-state index in [2.05, 4.69) is 6.07 Å². The van der Waals surface area contributed by atoms with Gasteiger partial charge in [-0.05, 0) is 24.6 Å². The molecule has 2 atom stereocenters.